The Morgan fingerprint density at radius 2 is 0.500 bits per heavy atom. The van der Waals surface area contributed by atoms with Gasteiger partial charge in [0, 0.05) is 57.2 Å². The van der Waals surface area contributed by atoms with Crippen molar-refractivity contribution in [3.05, 3.63) is 0 Å². The zero-order chi connectivity index (χ0) is 7.15. The number of halogens is 2. The van der Waals surface area contributed by atoms with Crippen molar-refractivity contribution >= 4 is 57.2 Å². The molecule has 0 aromatic carbocycles. The minimum atomic E-state index is 0. The van der Waals surface area contributed by atoms with E-state index in [9.17, 15) is 0 Å². The summed E-state index contributed by atoms with van der Waals surface area (Å²) in [4.78, 5) is 0. The van der Waals surface area contributed by atoms with Crippen LogP contribution in [0.5, 0.6) is 0 Å². The molecule has 0 saturated carbocycles. The molecule has 0 aliphatic carbocycles. The molecule has 8 radical (unpaired) electrons. The first-order chi connectivity index (χ1) is 3.46. The molecule has 12 heavy (non-hydrogen) atoms. The molecule has 0 heterocycles. The smallest absolute Gasteiger partial charge is 0.0379 e. The van der Waals surface area contributed by atoms with Gasteiger partial charge in [-0.1, -0.05) is 39.3 Å². The van der Waals surface area contributed by atoms with Crippen LogP contribution in [-0.2, 0) is 0 Å². The summed E-state index contributed by atoms with van der Waals surface area (Å²) in [6, 6.07) is 0. The van der Waals surface area contributed by atoms with Crippen molar-refractivity contribution in [1.82, 2.24) is 0 Å². The molecule has 0 aliphatic rings. The summed E-state index contributed by atoms with van der Waals surface area (Å²) >= 11 is 0. The molecule has 0 spiro atoms. The maximum atomic E-state index is 2.27. The second kappa shape index (κ2) is 29.2. The second-order valence-corrected chi connectivity index (χ2v) is 9.00. The van der Waals surface area contributed by atoms with Crippen LogP contribution in [0.15, 0.2) is 0 Å². The van der Waals surface area contributed by atoms with Gasteiger partial charge in [0.15, 0.2) is 0 Å². The van der Waals surface area contributed by atoms with Crippen molar-refractivity contribution in [3.63, 3.8) is 0 Å². The summed E-state index contributed by atoms with van der Waals surface area (Å²) in [7, 11) is 0.241. The fraction of sp³-hybridized carbons (Fsp3) is 1.00. The molecule has 0 nitrogen and oxygen atoms in total. The van der Waals surface area contributed by atoms with Gasteiger partial charge < -0.3 is 48.0 Å². The van der Waals surface area contributed by atoms with Gasteiger partial charge in [0.05, 0.1) is 0 Å². The van der Waals surface area contributed by atoms with Gasteiger partial charge in [-0.25, -0.2) is 0 Å². The molecule has 72 valence electrons. The van der Waals surface area contributed by atoms with E-state index < -0.39 is 0 Å². The number of hydrogen-bond donors (Lipinski definition) is 0. The predicted octanol–water partition coefficient (Wildman–Crippen LogP) is -4.01. The largest absolute Gasteiger partial charge is 1.00 e. The van der Waals surface area contributed by atoms with Crippen molar-refractivity contribution in [2.24, 2.45) is 0 Å². The van der Waals surface area contributed by atoms with Gasteiger partial charge >= 0.3 is 0 Å². The minimum absolute atomic E-state index is 0. The molecule has 0 fully saturated rings. The van der Waals surface area contributed by atoms with Crippen LogP contribution in [0.4, 0.5) is 0 Å². The van der Waals surface area contributed by atoms with Gasteiger partial charge in [0.2, 0.25) is 0 Å². The van der Waals surface area contributed by atoms with E-state index >= 15 is 0 Å². The standard InChI is InChI=1S/2C3H9Si.2Ga.2HI/c2*1-4(2)3;;;;/h2*1-3H3;;;2*1H/p-2. The molecule has 0 bridgehead atoms. The van der Waals surface area contributed by atoms with Gasteiger partial charge in [-0.2, -0.15) is 0 Å². The molecule has 6 heteroatoms. The van der Waals surface area contributed by atoms with Crippen LogP contribution in [0.1, 0.15) is 0 Å². The number of hydrogen-bond acceptors (Lipinski definition) is 0. The summed E-state index contributed by atoms with van der Waals surface area (Å²) in [5.74, 6) is 0. The van der Waals surface area contributed by atoms with Gasteiger partial charge in [-0.3, -0.25) is 0 Å². The Balaban J connectivity index is -0.0000000112. The molecule has 0 aliphatic heterocycles. The molecule has 0 aromatic heterocycles. The molecule has 0 N–H and O–H groups in total. The third kappa shape index (κ3) is 194. The van der Waals surface area contributed by atoms with Crippen LogP contribution in [0.3, 0.4) is 0 Å². The SMILES string of the molecule is C[Si](C)C.C[Si](C)C.[Ga].[Ga].[I-].[I-]. The Hall–Kier alpha value is 3.17. The predicted molar refractivity (Wildman–Crippen MR) is 58.2 cm³/mol. The topological polar surface area (TPSA) is 0 Å². The van der Waals surface area contributed by atoms with Gasteiger partial charge in [0.25, 0.3) is 0 Å². The van der Waals surface area contributed by atoms with E-state index in [1.54, 1.807) is 0 Å². The molecule has 0 unspecified atom stereocenters. The van der Waals surface area contributed by atoms with Crippen LogP contribution in [0.2, 0.25) is 39.3 Å². The first-order valence-corrected chi connectivity index (χ1v) is 9.00. The summed E-state index contributed by atoms with van der Waals surface area (Å²) in [5, 5.41) is 0. The second-order valence-electron chi connectivity index (χ2n) is 3.00. The first kappa shape index (κ1) is 36.2. The molecular weight excluding hydrogens is 521 g/mol. The van der Waals surface area contributed by atoms with E-state index in [1.807, 2.05) is 0 Å². The molecule has 0 aromatic rings. The monoisotopic (exact) mass is 538 g/mol. The summed E-state index contributed by atoms with van der Waals surface area (Å²) in [6.45, 7) is 13.6. The van der Waals surface area contributed by atoms with Crippen molar-refractivity contribution in [3.8, 4) is 0 Å². The Labute approximate surface area is 142 Å². The zero-order valence-corrected chi connectivity index (χ0v) is 20.1. The van der Waals surface area contributed by atoms with Crippen molar-refractivity contribution < 1.29 is 48.0 Å². The summed E-state index contributed by atoms with van der Waals surface area (Å²) < 4.78 is 0. The fourth-order valence-corrected chi connectivity index (χ4v) is 0. The van der Waals surface area contributed by atoms with E-state index in [0.29, 0.717) is 0 Å². The maximum absolute atomic E-state index is 2.27. The summed E-state index contributed by atoms with van der Waals surface area (Å²) in [6.07, 6.45) is 0. The van der Waals surface area contributed by atoms with Crippen molar-refractivity contribution in [2.75, 3.05) is 0 Å². The van der Waals surface area contributed by atoms with E-state index in [4.69, 9.17) is 0 Å². The van der Waals surface area contributed by atoms with Crippen LogP contribution in [0, 0.1) is 0 Å². The average molecular weight is 540 g/mol. The van der Waals surface area contributed by atoms with Gasteiger partial charge in [0.1, 0.15) is 0 Å². The van der Waals surface area contributed by atoms with Crippen LogP contribution < -0.4 is 48.0 Å². The normalized spacial score (nSPS) is 6.00. The molecular formula is C6H18Ga2I2Si2-2. The Morgan fingerprint density at radius 3 is 0.500 bits per heavy atom. The third-order valence-corrected chi connectivity index (χ3v) is 0. The third-order valence-electron chi connectivity index (χ3n) is 0. The van der Waals surface area contributed by atoms with Gasteiger partial charge in [-0.15, -0.1) is 0 Å². The van der Waals surface area contributed by atoms with E-state index in [-0.39, 0.29) is 105 Å². The molecule has 0 saturated heterocycles. The van der Waals surface area contributed by atoms with Gasteiger partial charge in [-0.05, 0) is 0 Å². The first-order valence-electron chi connectivity index (χ1n) is 3.00. The molecule has 0 rings (SSSR count). The number of rotatable bonds is 0. The zero-order valence-electron chi connectivity index (χ0n) is 8.91. The minimum Gasteiger partial charge on any atom is -1.00 e. The Morgan fingerprint density at radius 1 is 0.500 bits per heavy atom. The van der Waals surface area contributed by atoms with E-state index in [2.05, 4.69) is 39.3 Å². The summed E-state index contributed by atoms with van der Waals surface area (Å²) in [5.41, 5.74) is 0. The average Bonchev–Trinajstić information content (AvgIpc) is 1.25. The van der Waals surface area contributed by atoms with Crippen LogP contribution >= 0.6 is 0 Å². The molecule has 0 atom stereocenters. The molecule has 0 amide bonds. The fourth-order valence-electron chi connectivity index (χ4n) is 0. The Bertz CT molecular complexity index is 37.0. The van der Waals surface area contributed by atoms with Crippen molar-refractivity contribution in [2.45, 2.75) is 39.3 Å². The Kier molecular flexibility index (Phi) is 88.2. The van der Waals surface area contributed by atoms with Crippen LogP contribution in [-0.4, -0.2) is 57.2 Å². The van der Waals surface area contributed by atoms with E-state index in [0.717, 1.165) is 0 Å². The quantitative estimate of drug-likeness (QED) is 0.218. The van der Waals surface area contributed by atoms with Crippen molar-refractivity contribution in [1.29, 1.82) is 0 Å². The van der Waals surface area contributed by atoms with Crippen LogP contribution in [0.25, 0.3) is 0 Å². The van der Waals surface area contributed by atoms with E-state index in [1.165, 1.54) is 0 Å². The maximum Gasteiger partial charge on any atom is 0.0379 e.